The van der Waals surface area contributed by atoms with Gasteiger partial charge in [0.2, 0.25) is 5.91 Å². The number of fused-ring (bicyclic) bond motifs is 1. The SMILES string of the molecule is CCn1cnc2cc(NC(=O)CC(C)n3nc(C)cc3C)ccc21. The first kappa shape index (κ1) is 16.2. The Bertz CT molecular complexity index is 877. The van der Waals surface area contributed by atoms with Crippen molar-refractivity contribution in [3.63, 3.8) is 0 Å². The lowest BCUT2D eigenvalue weighted by Gasteiger charge is -2.14. The number of anilines is 1. The van der Waals surface area contributed by atoms with Crippen LogP contribution in [0, 0.1) is 13.8 Å². The summed E-state index contributed by atoms with van der Waals surface area (Å²) in [6.45, 7) is 8.93. The van der Waals surface area contributed by atoms with Gasteiger partial charge in [-0.1, -0.05) is 0 Å². The highest BCUT2D eigenvalue weighted by Crippen LogP contribution is 2.20. The second-order valence-electron chi connectivity index (χ2n) is 6.21. The van der Waals surface area contributed by atoms with Crippen molar-refractivity contribution in [3.8, 4) is 0 Å². The van der Waals surface area contributed by atoms with Crippen LogP contribution in [-0.4, -0.2) is 25.2 Å². The second kappa shape index (κ2) is 6.47. The van der Waals surface area contributed by atoms with Gasteiger partial charge in [-0.25, -0.2) is 4.98 Å². The van der Waals surface area contributed by atoms with Crippen molar-refractivity contribution in [2.75, 3.05) is 5.32 Å². The van der Waals surface area contributed by atoms with Crippen molar-refractivity contribution in [2.45, 2.75) is 46.7 Å². The Balaban J connectivity index is 1.69. The molecule has 0 saturated heterocycles. The highest BCUT2D eigenvalue weighted by Gasteiger charge is 2.14. The van der Waals surface area contributed by atoms with Crippen LogP contribution in [0.4, 0.5) is 5.69 Å². The molecule has 6 heteroatoms. The fourth-order valence-corrected chi connectivity index (χ4v) is 3.05. The van der Waals surface area contributed by atoms with Gasteiger partial charge in [-0.15, -0.1) is 0 Å². The maximum Gasteiger partial charge on any atom is 0.226 e. The molecule has 6 nitrogen and oxygen atoms in total. The Hall–Kier alpha value is -2.63. The van der Waals surface area contributed by atoms with Crippen molar-refractivity contribution in [2.24, 2.45) is 0 Å². The number of imidazole rings is 1. The van der Waals surface area contributed by atoms with Gasteiger partial charge in [0.05, 0.1) is 29.1 Å². The maximum absolute atomic E-state index is 12.3. The fraction of sp³-hybridized carbons (Fsp3) is 0.389. The van der Waals surface area contributed by atoms with Crippen molar-refractivity contribution < 1.29 is 4.79 Å². The minimum atomic E-state index is -0.0238. The number of hydrogen-bond donors (Lipinski definition) is 1. The van der Waals surface area contributed by atoms with Crippen molar-refractivity contribution in [1.29, 1.82) is 0 Å². The highest BCUT2D eigenvalue weighted by atomic mass is 16.1. The highest BCUT2D eigenvalue weighted by molar-refractivity contribution is 5.93. The molecule has 0 spiro atoms. The number of nitrogens with one attached hydrogen (secondary N) is 1. The number of nitrogens with zero attached hydrogens (tertiary/aromatic N) is 4. The van der Waals surface area contributed by atoms with Crippen LogP contribution in [-0.2, 0) is 11.3 Å². The minimum absolute atomic E-state index is 0.0155. The molecule has 1 unspecified atom stereocenters. The Labute approximate surface area is 141 Å². The number of carbonyl (C=O) groups excluding carboxylic acids is 1. The molecule has 0 aliphatic rings. The number of hydrogen-bond acceptors (Lipinski definition) is 3. The van der Waals surface area contributed by atoms with E-state index in [0.717, 1.165) is 34.7 Å². The normalized spacial score (nSPS) is 12.5. The summed E-state index contributed by atoms with van der Waals surface area (Å²) in [5, 5.41) is 7.41. The van der Waals surface area contributed by atoms with Crippen LogP contribution in [0.3, 0.4) is 0 Å². The number of aryl methyl sites for hydroxylation is 3. The molecule has 1 aromatic carbocycles. The predicted molar refractivity (Wildman–Crippen MR) is 95.1 cm³/mol. The molecule has 0 aliphatic carbocycles. The Kier molecular flexibility index (Phi) is 4.38. The van der Waals surface area contributed by atoms with E-state index in [2.05, 4.69) is 26.9 Å². The summed E-state index contributed by atoms with van der Waals surface area (Å²) in [5.74, 6) is -0.0238. The minimum Gasteiger partial charge on any atom is -0.331 e. The van der Waals surface area contributed by atoms with Gasteiger partial charge < -0.3 is 9.88 Å². The smallest absolute Gasteiger partial charge is 0.226 e. The fourth-order valence-electron chi connectivity index (χ4n) is 3.05. The van der Waals surface area contributed by atoms with Gasteiger partial charge in [0.25, 0.3) is 0 Å². The maximum atomic E-state index is 12.3. The first-order valence-corrected chi connectivity index (χ1v) is 8.25. The summed E-state index contributed by atoms with van der Waals surface area (Å²) in [5.41, 5.74) is 4.78. The monoisotopic (exact) mass is 325 g/mol. The Morgan fingerprint density at radius 2 is 2.08 bits per heavy atom. The molecule has 0 radical (unpaired) electrons. The van der Waals surface area contributed by atoms with Crippen LogP contribution >= 0.6 is 0 Å². The molecule has 126 valence electrons. The molecule has 3 aromatic rings. The van der Waals surface area contributed by atoms with E-state index in [1.165, 1.54) is 0 Å². The molecule has 24 heavy (non-hydrogen) atoms. The summed E-state index contributed by atoms with van der Waals surface area (Å²) in [7, 11) is 0. The van der Waals surface area contributed by atoms with E-state index in [4.69, 9.17) is 0 Å². The molecule has 1 amide bonds. The zero-order chi connectivity index (χ0) is 17.3. The third-order valence-corrected chi connectivity index (χ3v) is 4.19. The van der Waals surface area contributed by atoms with Gasteiger partial charge in [-0.3, -0.25) is 9.48 Å². The Morgan fingerprint density at radius 1 is 1.29 bits per heavy atom. The standard InChI is InChI=1S/C18H23N5O/c1-5-22-11-19-16-10-15(6-7-17(16)22)20-18(24)9-14(4)23-13(3)8-12(2)21-23/h6-8,10-11,14H,5,9H2,1-4H3,(H,20,24). The first-order valence-electron chi connectivity index (χ1n) is 8.25. The van der Waals surface area contributed by atoms with Crippen molar-refractivity contribution in [3.05, 3.63) is 42.0 Å². The van der Waals surface area contributed by atoms with Gasteiger partial charge >= 0.3 is 0 Å². The summed E-state index contributed by atoms with van der Waals surface area (Å²) >= 11 is 0. The zero-order valence-electron chi connectivity index (χ0n) is 14.6. The van der Waals surface area contributed by atoms with Crippen molar-refractivity contribution in [1.82, 2.24) is 19.3 Å². The summed E-state index contributed by atoms with van der Waals surface area (Å²) in [6.07, 6.45) is 2.20. The average molecular weight is 325 g/mol. The topological polar surface area (TPSA) is 64.7 Å². The van der Waals surface area contributed by atoms with E-state index in [1.807, 2.05) is 56.0 Å². The van der Waals surface area contributed by atoms with E-state index in [9.17, 15) is 4.79 Å². The number of carbonyl (C=O) groups is 1. The van der Waals surface area contributed by atoms with Crippen LogP contribution in [0.5, 0.6) is 0 Å². The molecule has 1 atom stereocenters. The van der Waals surface area contributed by atoms with Gasteiger partial charge in [-0.2, -0.15) is 5.10 Å². The zero-order valence-corrected chi connectivity index (χ0v) is 14.6. The number of benzene rings is 1. The summed E-state index contributed by atoms with van der Waals surface area (Å²) in [4.78, 5) is 16.7. The lowest BCUT2D eigenvalue weighted by Crippen LogP contribution is -2.19. The molecular weight excluding hydrogens is 302 g/mol. The number of aromatic nitrogens is 4. The van der Waals surface area contributed by atoms with Gasteiger partial charge in [0.1, 0.15) is 0 Å². The van der Waals surface area contributed by atoms with Gasteiger partial charge in [0.15, 0.2) is 0 Å². The average Bonchev–Trinajstić information content (AvgIpc) is 3.09. The van der Waals surface area contributed by atoms with Crippen LogP contribution in [0.15, 0.2) is 30.6 Å². The van der Waals surface area contributed by atoms with E-state index < -0.39 is 0 Å². The molecule has 2 heterocycles. The van der Waals surface area contributed by atoms with Gasteiger partial charge in [-0.05, 0) is 52.0 Å². The Morgan fingerprint density at radius 3 is 2.75 bits per heavy atom. The molecule has 0 bridgehead atoms. The lowest BCUT2D eigenvalue weighted by atomic mass is 10.2. The number of rotatable bonds is 5. The lowest BCUT2D eigenvalue weighted by molar-refractivity contribution is -0.116. The third kappa shape index (κ3) is 3.18. The van der Waals surface area contributed by atoms with E-state index in [1.54, 1.807) is 0 Å². The van der Waals surface area contributed by atoms with E-state index >= 15 is 0 Å². The summed E-state index contributed by atoms with van der Waals surface area (Å²) in [6, 6.07) is 7.86. The predicted octanol–water partition coefficient (Wildman–Crippen LogP) is 3.46. The number of amides is 1. The van der Waals surface area contributed by atoms with E-state index in [-0.39, 0.29) is 11.9 Å². The molecule has 0 fully saturated rings. The quantitative estimate of drug-likeness (QED) is 0.781. The molecule has 3 rings (SSSR count). The van der Waals surface area contributed by atoms with Crippen LogP contribution < -0.4 is 5.32 Å². The van der Waals surface area contributed by atoms with Crippen LogP contribution in [0.1, 0.15) is 37.7 Å². The van der Waals surface area contributed by atoms with Crippen LogP contribution in [0.25, 0.3) is 11.0 Å². The van der Waals surface area contributed by atoms with Crippen LogP contribution in [0.2, 0.25) is 0 Å². The van der Waals surface area contributed by atoms with Gasteiger partial charge in [0, 0.05) is 24.3 Å². The molecular formula is C18H23N5O. The second-order valence-corrected chi connectivity index (χ2v) is 6.21. The first-order chi connectivity index (χ1) is 11.5. The van der Waals surface area contributed by atoms with Crippen molar-refractivity contribution >= 4 is 22.6 Å². The van der Waals surface area contributed by atoms with E-state index in [0.29, 0.717) is 6.42 Å². The third-order valence-electron chi connectivity index (χ3n) is 4.19. The molecule has 0 saturated carbocycles. The molecule has 1 N–H and O–H groups in total. The molecule has 2 aromatic heterocycles. The largest absolute Gasteiger partial charge is 0.331 e. The summed E-state index contributed by atoms with van der Waals surface area (Å²) < 4.78 is 3.98. The molecule has 0 aliphatic heterocycles.